The highest BCUT2D eigenvalue weighted by Crippen LogP contribution is 2.21. The molecule has 0 radical (unpaired) electrons. The van der Waals surface area contributed by atoms with Gasteiger partial charge in [-0.25, -0.2) is 0 Å². The Morgan fingerprint density at radius 3 is 2.88 bits per heavy atom. The molecule has 0 spiro atoms. The second-order valence-electron chi connectivity index (χ2n) is 3.35. The van der Waals surface area contributed by atoms with Crippen LogP contribution in [0.1, 0.15) is 12.0 Å². The van der Waals surface area contributed by atoms with E-state index >= 15 is 0 Å². The van der Waals surface area contributed by atoms with Crippen LogP contribution in [-0.4, -0.2) is 22.9 Å². The standard InChI is InChI=1S/C11H13BrN2OS2/c1-17-5-4-10(15)14-9-3-2-7(12)6-8(9)11(13)16/h2-3,6H,4-5H2,1H3,(H2,13,16)(H,14,15). The maximum atomic E-state index is 11.6. The van der Waals surface area contributed by atoms with Crippen LogP contribution in [-0.2, 0) is 4.79 Å². The third-order valence-electron chi connectivity index (χ3n) is 2.05. The van der Waals surface area contributed by atoms with Crippen molar-refractivity contribution >= 4 is 56.5 Å². The normalized spacial score (nSPS) is 10.0. The molecular weight excluding hydrogens is 320 g/mol. The summed E-state index contributed by atoms with van der Waals surface area (Å²) in [5.41, 5.74) is 6.95. The Kier molecular flexibility index (Phi) is 5.94. The van der Waals surface area contributed by atoms with Gasteiger partial charge < -0.3 is 11.1 Å². The average Bonchev–Trinajstić information content (AvgIpc) is 2.28. The van der Waals surface area contributed by atoms with Gasteiger partial charge in [-0.15, -0.1) is 0 Å². The molecule has 1 rings (SSSR count). The number of hydrogen-bond donors (Lipinski definition) is 2. The summed E-state index contributed by atoms with van der Waals surface area (Å²) >= 11 is 9.93. The number of hydrogen-bond acceptors (Lipinski definition) is 3. The summed E-state index contributed by atoms with van der Waals surface area (Å²) < 4.78 is 0.877. The number of anilines is 1. The third kappa shape index (κ3) is 4.65. The summed E-state index contributed by atoms with van der Waals surface area (Å²) in [6, 6.07) is 5.42. The largest absolute Gasteiger partial charge is 0.389 e. The number of carbonyl (C=O) groups is 1. The second kappa shape index (κ2) is 6.98. The molecule has 0 fully saturated rings. The van der Waals surface area contributed by atoms with Crippen LogP contribution in [0.15, 0.2) is 22.7 Å². The van der Waals surface area contributed by atoms with Gasteiger partial charge in [-0.1, -0.05) is 28.1 Å². The highest BCUT2D eigenvalue weighted by atomic mass is 79.9. The van der Waals surface area contributed by atoms with Crippen molar-refractivity contribution in [3.63, 3.8) is 0 Å². The number of nitrogens with two attached hydrogens (primary N) is 1. The smallest absolute Gasteiger partial charge is 0.225 e. The van der Waals surface area contributed by atoms with Gasteiger partial charge in [0.05, 0.1) is 5.69 Å². The van der Waals surface area contributed by atoms with Crippen molar-refractivity contribution < 1.29 is 4.79 Å². The van der Waals surface area contributed by atoms with E-state index in [9.17, 15) is 4.79 Å². The van der Waals surface area contributed by atoms with E-state index in [1.807, 2.05) is 12.3 Å². The molecule has 0 atom stereocenters. The average molecular weight is 333 g/mol. The predicted octanol–water partition coefficient (Wildman–Crippen LogP) is 2.77. The molecule has 1 aromatic rings. The van der Waals surface area contributed by atoms with Crippen molar-refractivity contribution in [3.8, 4) is 0 Å². The molecule has 3 N–H and O–H groups in total. The fourth-order valence-corrected chi connectivity index (χ4v) is 2.16. The number of rotatable bonds is 5. The van der Waals surface area contributed by atoms with E-state index in [0.717, 1.165) is 10.2 Å². The molecule has 0 bridgehead atoms. The fourth-order valence-electron chi connectivity index (χ4n) is 1.24. The summed E-state index contributed by atoms with van der Waals surface area (Å²) in [6.07, 6.45) is 2.45. The first-order valence-electron chi connectivity index (χ1n) is 4.92. The van der Waals surface area contributed by atoms with Crippen molar-refractivity contribution in [2.75, 3.05) is 17.3 Å². The van der Waals surface area contributed by atoms with Gasteiger partial charge in [0, 0.05) is 22.2 Å². The number of amides is 1. The van der Waals surface area contributed by atoms with Crippen LogP contribution >= 0.6 is 39.9 Å². The molecule has 3 nitrogen and oxygen atoms in total. The van der Waals surface area contributed by atoms with Crippen molar-refractivity contribution in [2.45, 2.75) is 6.42 Å². The Bertz CT molecular complexity index is 437. The number of carbonyl (C=O) groups excluding carboxylic acids is 1. The Morgan fingerprint density at radius 2 is 2.29 bits per heavy atom. The molecule has 6 heteroatoms. The minimum absolute atomic E-state index is 0.0285. The lowest BCUT2D eigenvalue weighted by Gasteiger charge is -2.10. The van der Waals surface area contributed by atoms with Crippen LogP contribution < -0.4 is 11.1 Å². The number of nitrogens with one attached hydrogen (secondary N) is 1. The van der Waals surface area contributed by atoms with Gasteiger partial charge in [-0.3, -0.25) is 4.79 Å². The number of halogens is 1. The third-order valence-corrected chi connectivity index (χ3v) is 3.38. The van der Waals surface area contributed by atoms with E-state index in [1.54, 1.807) is 23.9 Å². The Morgan fingerprint density at radius 1 is 1.59 bits per heavy atom. The summed E-state index contributed by atoms with van der Waals surface area (Å²) in [5, 5.41) is 2.81. The van der Waals surface area contributed by atoms with Crippen LogP contribution in [0.2, 0.25) is 0 Å². The Hall–Kier alpha value is -0.590. The Labute approximate surface area is 119 Å². The van der Waals surface area contributed by atoms with E-state index in [2.05, 4.69) is 21.2 Å². The van der Waals surface area contributed by atoms with Crippen LogP contribution in [0.25, 0.3) is 0 Å². The van der Waals surface area contributed by atoms with Crippen LogP contribution in [0.4, 0.5) is 5.69 Å². The van der Waals surface area contributed by atoms with Gasteiger partial charge in [0.1, 0.15) is 4.99 Å². The fraction of sp³-hybridized carbons (Fsp3) is 0.273. The number of benzene rings is 1. The number of thiocarbonyl (C=S) groups is 1. The zero-order chi connectivity index (χ0) is 12.8. The quantitative estimate of drug-likeness (QED) is 0.814. The highest BCUT2D eigenvalue weighted by molar-refractivity contribution is 9.10. The van der Waals surface area contributed by atoms with Crippen LogP contribution in [0.3, 0.4) is 0 Å². The minimum atomic E-state index is -0.0285. The molecule has 0 aliphatic heterocycles. The lowest BCUT2D eigenvalue weighted by molar-refractivity contribution is -0.115. The maximum Gasteiger partial charge on any atom is 0.225 e. The first-order chi connectivity index (χ1) is 8.04. The first kappa shape index (κ1) is 14.5. The van der Waals surface area contributed by atoms with Crippen molar-refractivity contribution in [1.82, 2.24) is 0 Å². The molecule has 92 valence electrons. The second-order valence-corrected chi connectivity index (χ2v) is 5.69. The number of thioether (sulfide) groups is 1. The van der Waals surface area contributed by atoms with E-state index in [4.69, 9.17) is 18.0 Å². The molecule has 0 heterocycles. The molecule has 0 unspecified atom stereocenters. The summed E-state index contributed by atoms with van der Waals surface area (Å²) in [6.45, 7) is 0. The maximum absolute atomic E-state index is 11.6. The van der Waals surface area contributed by atoms with E-state index in [0.29, 0.717) is 17.7 Å². The zero-order valence-electron chi connectivity index (χ0n) is 9.33. The molecular formula is C11H13BrN2OS2. The van der Waals surface area contributed by atoms with Crippen molar-refractivity contribution in [2.24, 2.45) is 5.73 Å². The molecule has 1 amide bonds. The van der Waals surface area contributed by atoms with Crippen LogP contribution in [0.5, 0.6) is 0 Å². The van der Waals surface area contributed by atoms with Gasteiger partial charge in [-0.05, 0) is 24.5 Å². The zero-order valence-corrected chi connectivity index (χ0v) is 12.5. The summed E-state index contributed by atoms with van der Waals surface area (Å²) in [7, 11) is 0. The van der Waals surface area contributed by atoms with Gasteiger partial charge in [0.15, 0.2) is 0 Å². The van der Waals surface area contributed by atoms with Gasteiger partial charge in [0.25, 0.3) is 0 Å². The Balaban J connectivity index is 2.83. The van der Waals surface area contributed by atoms with E-state index in [-0.39, 0.29) is 10.9 Å². The van der Waals surface area contributed by atoms with E-state index < -0.39 is 0 Å². The van der Waals surface area contributed by atoms with Gasteiger partial charge >= 0.3 is 0 Å². The summed E-state index contributed by atoms with van der Waals surface area (Å²) in [4.78, 5) is 11.9. The SMILES string of the molecule is CSCCC(=O)Nc1ccc(Br)cc1C(N)=S. The molecule has 0 saturated heterocycles. The van der Waals surface area contributed by atoms with Gasteiger partial charge in [-0.2, -0.15) is 11.8 Å². The van der Waals surface area contributed by atoms with Gasteiger partial charge in [0.2, 0.25) is 5.91 Å². The molecule has 0 aliphatic rings. The lowest BCUT2D eigenvalue weighted by atomic mass is 10.1. The highest BCUT2D eigenvalue weighted by Gasteiger charge is 2.09. The summed E-state index contributed by atoms with van der Waals surface area (Å²) in [5.74, 6) is 0.768. The molecule has 1 aromatic carbocycles. The minimum Gasteiger partial charge on any atom is -0.389 e. The molecule has 17 heavy (non-hydrogen) atoms. The van der Waals surface area contributed by atoms with Crippen molar-refractivity contribution in [1.29, 1.82) is 0 Å². The molecule has 0 aliphatic carbocycles. The lowest BCUT2D eigenvalue weighted by Crippen LogP contribution is -2.17. The predicted molar refractivity (Wildman–Crippen MR) is 81.7 cm³/mol. The van der Waals surface area contributed by atoms with Crippen molar-refractivity contribution in [3.05, 3.63) is 28.2 Å². The first-order valence-corrected chi connectivity index (χ1v) is 7.52. The molecule has 0 aromatic heterocycles. The monoisotopic (exact) mass is 332 g/mol. The topological polar surface area (TPSA) is 55.1 Å². The van der Waals surface area contributed by atoms with Crippen LogP contribution in [0, 0.1) is 0 Å². The molecule has 0 saturated carbocycles. The van der Waals surface area contributed by atoms with E-state index in [1.165, 1.54) is 0 Å².